The summed E-state index contributed by atoms with van der Waals surface area (Å²) in [7, 11) is 0. The maximum absolute atomic E-state index is 11.3. The largest absolute Gasteiger partial charge is 0.337 e. The third-order valence-corrected chi connectivity index (χ3v) is 4.63. The number of carbonyl (C=O) groups excluding carboxylic acids is 1. The van der Waals surface area contributed by atoms with Crippen LogP contribution in [0.1, 0.15) is 12.6 Å². The van der Waals surface area contributed by atoms with E-state index in [0.29, 0.717) is 5.02 Å². The molecule has 0 aliphatic rings. The second-order valence-corrected chi connectivity index (χ2v) is 6.26. The molecule has 22 heavy (non-hydrogen) atoms. The van der Waals surface area contributed by atoms with E-state index in [-0.39, 0.29) is 5.97 Å². The van der Waals surface area contributed by atoms with Gasteiger partial charge in [-0.3, -0.25) is 4.98 Å². The van der Waals surface area contributed by atoms with Gasteiger partial charge in [0.15, 0.2) is 0 Å². The minimum Gasteiger partial charge on any atom is -0.337 e. The minimum absolute atomic E-state index is 0.361. The van der Waals surface area contributed by atoms with Gasteiger partial charge in [-0.1, -0.05) is 23.4 Å². The van der Waals surface area contributed by atoms with Gasteiger partial charge < -0.3 is 4.84 Å². The van der Waals surface area contributed by atoms with Crippen LogP contribution in [0.4, 0.5) is 0 Å². The molecule has 0 N–H and O–H groups in total. The molecule has 0 saturated carbocycles. The molecule has 0 radical (unpaired) electrons. The highest BCUT2D eigenvalue weighted by atomic mass is 35.5. The maximum atomic E-state index is 11.3. The third-order valence-electron chi connectivity index (χ3n) is 3.15. The van der Waals surface area contributed by atoms with Crippen molar-refractivity contribution in [3.8, 4) is 0 Å². The first-order valence-corrected chi connectivity index (χ1v) is 7.83. The fourth-order valence-corrected chi connectivity index (χ4v) is 3.33. The van der Waals surface area contributed by atoms with Crippen LogP contribution in [0, 0.1) is 6.92 Å². The van der Waals surface area contributed by atoms with Crippen molar-refractivity contribution in [3.05, 3.63) is 53.4 Å². The average molecular weight is 333 g/mol. The lowest BCUT2D eigenvalue weighted by Crippen LogP contribution is -2.17. The zero-order chi connectivity index (χ0) is 15.7. The van der Waals surface area contributed by atoms with E-state index in [0.717, 1.165) is 26.4 Å². The van der Waals surface area contributed by atoms with Gasteiger partial charge in [-0.2, -0.15) is 4.73 Å². The summed E-state index contributed by atoms with van der Waals surface area (Å²) in [6, 6.07) is 9.44. The molecule has 0 saturated heterocycles. The molecule has 112 valence electrons. The lowest BCUT2D eigenvalue weighted by molar-refractivity contribution is -0.141. The molecule has 0 amide bonds. The number of benzene rings is 1. The van der Waals surface area contributed by atoms with Crippen LogP contribution in [0.3, 0.4) is 0 Å². The molecule has 1 aromatic carbocycles. The Morgan fingerprint density at radius 1 is 1.27 bits per heavy atom. The van der Waals surface area contributed by atoms with Gasteiger partial charge in [-0.15, -0.1) is 0 Å². The van der Waals surface area contributed by atoms with Crippen molar-refractivity contribution in [2.24, 2.45) is 0 Å². The number of aromatic nitrogens is 2. The van der Waals surface area contributed by atoms with Gasteiger partial charge in [-0.05, 0) is 37.3 Å². The van der Waals surface area contributed by atoms with Crippen molar-refractivity contribution < 1.29 is 9.63 Å². The Labute approximate surface area is 137 Å². The molecule has 3 aromatic rings. The Hall–Kier alpha value is -1.98. The number of hydrogen-bond donors (Lipinski definition) is 0. The first-order valence-electron chi connectivity index (χ1n) is 6.63. The lowest BCUT2D eigenvalue weighted by atomic mass is 10.3. The van der Waals surface area contributed by atoms with E-state index in [1.165, 1.54) is 6.92 Å². The molecule has 0 unspecified atom stereocenters. The fraction of sp³-hybridized carbons (Fsp3) is 0.125. The van der Waals surface area contributed by atoms with Gasteiger partial charge in [0.1, 0.15) is 0 Å². The summed E-state index contributed by atoms with van der Waals surface area (Å²) in [5, 5.41) is 1.64. The number of nitrogens with zero attached hydrogens (tertiary/aromatic N) is 2. The van der Waals surface area contributed by atoms with Gasteiger partial charge >= 0.3 is 5.97 Å². The normalized spacial score (nSPS) is 10.9. The Morgan fingerprint density at radius 3 is 2.68 bits per heavy atom. The summed E-state index contributed by atoms with van der Waals surface area (Å²) in [5.41, 5.74) is 1.68. The van der Waals surface area contributed by atoms with Crippen molar-refractivity contribution in [2.45, 2.75) is 23.6 Å². The van der Waals surface area contributed by atoms with E-state index in [4.69, 9.17) is 16.4 Å². The van der Waals surface area contributed by atoms with Crippen molar-refractivity contribution in [1.82, 2.24) is 9.71 Å². The van der Waals surface area contributed by atoms with Crippen LogP contribution in [0.25, 0.3) is 10.9 Å². The van der Waals surface area contributed by atoms with E-state index >= 15 is 0 Å². The quantitative estimate of drug-likeness (QED) is 0.723. The topological polar surface area (TPSA) is 44.1 Å². The summed E-state index contributed by atoms with van der Waals surface area (Å²) in [5.74, 6) is -0.361. The predicted octanol–water partition coefficient (Wildman–Crippen LogP) is 4.12. The summed E-state index contributed by atoms with van der Waals surface area (Å²) < 4.78 is 1.55. The predicted molar refractivity (Wildman–Crippen MR) is 87.3 cm³/mol. The van der Waals surface area contributed by atoms with Crippen molar-refractivity contribution in [2.75, 3.05) is 0 Å². The van der Waals surface area contributed by atoms with E-state index < -0.39 is 0 Å². The standard InChI is InChI=1S/C16H13ClN2O2S/c1-10-16(22-13-5-3-12(17)4-6-13)14-9-18-8-7-15(14)19(10)21-11(2)20/h3-9H,1-2H3. The van der Waals surface area contributed by atoms with E-state index in [9.17, 15) is 4.79 Å². The molecular formula is C16H13ClN2O2S. The minimum atomic E-state index is -0.361. The van der Waals surface area contributed by atoms with Crippen LogP contribution >= 0.6 is 23.4 Å². The van der Waals surface area contributed by atoms with Crippen molar-refractivity contribution >= 4 is 40.2 Å². The number of pyridine rings is 1. The number of carbonyl (C=O) groups is 1. The molecule has 3 rings (SSSR count). The molecule has 0 aliphatic heterocycles. The Balaban J connectivity index is 2.10. The van der Waals surface area contributed by atoms with E-state index in [1.807, 2.05) is 37.3 Å². The number of hydrogen-bond acceptors (Lipinski definition) is 4. The third kappa shape index (κ3) is 2.82. The summed E-state index contributed by atoms with van der Waals surface area (Å²) in [4.78, 5) is 22.9. The van der Waals surface area contributed by atoms with Gasteiger partial charge in [0.25, 0.3) is 0 Å². The van der Waals surface area contributed by atoms with Gasteiger partial charge in [0, 0.05) is 39.5 Å². The SMILES string of the molecule is CC(=O)On1c(C)c(Sc2ccc(Cl)cc2)c2cnccc21. The molecule has 6 heteroatoms. The van der Waals surface area contributed by atoms with Crippen LogP contribution < -0.4 is 4.84 Å². The zero-order valence-corrected chi connectivity index (χ0v) is 13.6. The molecule has 2 aromatic heterocycles. The highest BCUT2D eigenvalue weighted by Gasteiger charge is 2.17. The summed E-state index contributed by atoms with van der Waals surface area (Å²) >= 11 is 7.51. The van der Waals surface area contributed by atoms with Crippen LogP contribution in [-0.2, 0) is 4.79 Å². The maximum Gasteiger partial charge on any atom is 0.329 e. The molecular weight excluding hydrogens is 320 g/mol. The van der Waals surface area contributed by atoms with Crippen molar-refractivity contribution in [3.63, 3.8) is 0 Å². The number of fused-ring (bicyclic) bond motifs is 1. The Bertz CT molecular complexity index is 843. The number of rotatable bonds is 3. The van der Waals surface area contributed by atoms with E-state index in [2.05, 4.69) is 4.98 Å². The summed E-state index contributed by atoms with van der Waals surface area (Å²) in [6.45, 7) is 3.31. The number of halogens is 1. The first-order chi connectivity index (χ1) is 10.6. The molecule has 0 atom stereocenters. The van der Waals surface area contributed by atoms with E-state index in [1.54, 1.807) is 28.9 Å². The van der Waals surface area contributed by atoms with Crippen LogP contribution in [0.15, 0.2) is 52.5 Å². The lowest BCUT2D eigenvalue weighted by Gasteiger charge is -2.06. The molecule has 4 nitrogen and oxygen atoms in total. The molecule has 0 bridgehead atoms. The average Bonchev–Trinajstić information content (AvgIpc) is 2.75. The smallest absolute Gasteiger partial charge is 0.329 e. The Morgan fingerprint density at radius 2 is 2.00 bits per heavy atom. The molecule has 2 heterocycles. The highest BCUT2D eigenvalue weighted by molar-refractivity contribution is 7.99. The highest BCUT2D eigenvalue weighted by Crippen LogP contribution is 2.37. The first kappa shape index (κ1) is 14.9. The molecule has 0 spiro atoms. The van der Waals surface area contributed by atoms with Gasteiger partial charge in [-0.25, -0.2) is 4.79 Å². The summed E-state index contributed by atoms with van der Waals surface area (Å²) in [6.07, 6.45) is 3.46. The van der Waals surface area contributed by atoms with Crippen LogP contribution in [0.5, 0.6) is 0 Å². The zero-order valence-electron chi connectivity index (χ0n) is 12.0. The van der Waals surface area contributed by atoms with Crippen LogP contribution in [-0.4, -0.2) is 15.7 Å². The van der Waals surface area contributed by atoms with Gasteiger partial charge in [0.2, 0.25) is 0 Å². The van der Waals surface area contributed by atoms with Crippen molar-refractivity contribution in [1.29, 1.82) is 0 Å². The fourth-order valence-electron chi connectivity index (χ4n) is 2.20. The second kappa shape index (κ2) is 6.02. The van der Waals surface area contributed by atoms with Crippen LogP contribution in [0.2, 0.25) is 5.02 Å². The second-order valence-electron chi connectivity index (χ2n) is 4.74. The molecule has 0 aliphatic carbocycles. The molecule has 0 fully saturated rings. The monoisotopic (exact) mass is 332 g/mol. The Kier molecular flexibility index (Phi) is 4.09. The van der Waals surface area contributed by atoms with Gasteiger partial charge in [0.05, 0.1) is 11.2 Å².